The lowest BCUT2D eigenvalue weighted by Crippen LogP contribution is -2.39. The Morgan fingerprint density at radius 1 is 1.36 bits per heavy atom. The third kappa shape index (κ3) is 3.90. The molecule has 2 rings (SSSR count). The molecule has 0 aliphatic carbocycles. The molecule has 1 fully saturated rings. The lowest BCUT2D eigenvalue weighted by Gasteiger charge is -2.32. The van der Waals surface area contributed by atoms with Crippen molar-refractivity contribution in [2.45, 2.75) is 52.4 Å². The lowest BCUT2D eigenvalue weighted by atomic mass is 9.93. The topological polar surface area (TPSA) is 70.8 Å². The second-order valence-electron chi connectivity index (χ2n) is 5.96. The van der Waals surface area contributed by atoms with Gasteiger partial charge in [0.05, 0.1) is 0 Å². The molecular formula is C17H25NO4. The number of furan rings is 1. The zero-order chi connectivity index (χ0) is 16.1. The number of hydrogen-bond acceptors (Lipinski definition) is 3. The summed E-state index contributed by atoms with van der Waals surface area (Å²) in [6.07, 6.45) is 4.39. The Kier molecular flexibility index (Phi) is 5.63. The molecular weight excluding hydrogens is 282 g/mol. The van der Waals surface area contributed by atoms with Crippen LogP contribution in [-0.4, -0.2) is 35.0 Å². The standard InChI is InChI=1S/C17H25NO4/c1-3-13-10-15(22-14(13)4-2)17(21)18-9-5-6-12(11-18)7-8-16(19)20/h10,12H,3-9,11H2,1-2H3,(H,19,20). The van der Waals surface area contributed by atoms with E-state index in [0.717, 1.165) is 43.6 Å². The lowest BCUT2D eigenvalue weighted by molar-refractivity contribution is -0.137. The highest BCUT2D eigenvalue weighted by molar-refractivity contribution is 5.92. The molecule has 22 heavy (non-hydrogen) atoms. The molecule has 0 aromatic carbocycles. The van der Waals surface area contributed by atoms with E-state index >= 15 is 0 Å². The summed E-state index contributed by atoms with van der Waals surface area (Å²) in [6.45, 7) is 5.44. The Balaban J connectivity index is 2.02. The number of rotatable bonds is 6. The maximum atomic E-state index is 12.6. The molecule has 0 bridgehead atoms. The minimum atomic E-state index is -0.769. The minimum Gasteiger partial charge on any atom is -0.481 e. The Hall–Kier alpha value is -1.78. The van der Waals surface area contributed by atoms with Gasteiger partial charge >= 0.3 is 5.97 Å². The molecule has 2 heterocycles. The van der Waals surface area contributed by atoms with Gasteiger partial charge in [-0.2, -0.15) is 0 Å². The first-order valence-corrected chi connectivity index (χ1v) is 8.17. The smallest absolute Gasteiger partial charge is 0.303 e. The van der Waals surface area contributed by atoms with Crippen LogP contribution < -0.4 is 0 Å². The van der Waals surface area contributed by atoms with Crippen molar-refractivity contribution in [3.63, 3.8) is 0 Å². The molecule has 1 aromatic rings. The van der Waals surface area contributed by atoms with E-state index < -0.39 is 5.97 Å². The van der Waals surface area contributed by atoms with E-state index in [1.807, 2.05) is 17.9 Å². The summed E-state index contributed by atoms with van der Waals surface area (Å²) < 4.78 is 5.72. The summed E-state index contributed by atoms with van der Waals surface area (Å²) in [5.41, 5.74) is 1.10. The fourth-order valence-electron chi connectivity index (χ4n) is 3.14. The van der Waals surface area contributed by atoms with Crippen LogP contribution in [0.4, 0.5) is 0 Å². The summed E-state index contributed by atoms with van der Waals surface area (Å²) >= 11 is 0. The number of aliphatic carboxylic acids is 1. The van der Waals surface area contributed by atoms with Crippen LogP contribution in [0.15, 0.2) is 10.5 Å². The van der Waals surface area contributed by atoms with Crippen molar-refractivity contribution in [1.29, 1.82) is 0 Å². The number of nitrogens with zero attached hydrogens (tertiary/aromatic N) is 1. The molecule has 0 radical (unpaired) electrons. The second-order valence-corrected chi connectivity index (χ2v) is 5.96. The molecule has 1 aliphatic rings. The molecule has 1 atom stereocenters. The van der Waals surface area contributed by atoms with Gasteiger partial charge < -0.3 is 14.4 Å². The second kappa shape index (κ2) is 7.47. The number of carboxylic acids is 1. The number of piperidine rings is 1. The highest BCUT2D eigenvalue weighted by atomic mass is 16.4. The van der Waals surface area contributed by atoms with E-state index in [0.29, 0.717) is 18.7 Å². The van der Waals surface area contributed by atoms with Gasteiger partial charge in [0.1, 0.15) is 5.76 Å². The van der Waals surface area contributed by atoms with Crippen molar-refractivity contribution >= 4 is 11.9 Å². The number of aryl methyl sites for hydroxylation is 2. The number of amides is 1. The van der Waals surface area contributed by atoms with Crippen molar-refractivity contribution in [2.24, 2.45) is 5.92 Å². The van der Waals surface area contributed by atoms with Crippen LogP contribution in [0, 0.1) is 5.92 Å². The predicted octanol–water partition coefficient (Wildman–Crippen LogP) is 3.12. The van der Waals surface area contributed by atoms with Crippen molar-refractivity contribution < 1.29 is 19.1 Å². The number of carbonyl (C=O) groups excluding carboxylic acids is 1. The van der Waals surface area contributed by atoms with Gasteiger partial charge in [0, 0.05) is 25.9 Å². The molecule has 5 heteroatoms. The van der Waals surface area contributed by atoms with Crippen molar-refractivity contribution in [1.82, 2.24) is 4.90 Å². The normalized spacial score (nSPS) is 18.5. The third-order valence-corrected chi connectivity index (χ3v) is 4.38. The Bertz CT molecular complexity index is 513. The Labute approximate surface area is 131 Å². The highest BCUT2D eigenvalue weighted by Crippen LogP contribution is 2.24. The number of hydrogen-bond donors (Lipinski definition) is 1. The fourth-order valence-corrected chi connectivity index (χ4v) is 3.14. The molecule has 122 valence electrons. The van der Waals surface area contributed by atoms with Crippen LogP contribution in [0.1, 0.15) is 61.4 Å². The maximum Gasteiger partial charge on any atom is 0.303 e. The van der Waals surface area contributed by atoms with Crippen LogP contribution in [0.2, 0.25) is 0 Å². The van der Waals surface area contributed by atoms with Gasteiger partial charge in [-0.3, -0.25) is 9.59 Å². The van der Waals surface area contributed by atoms with E-state index in [1.165, 1.54) is 0 Å². The Morgan fingerprint density at radius 2 is 2.14 bits per heavy atom. The molecule has 1 aromatic heterocycles. The molecule has 5 nitrogen and oxygen atoms in total. The van der Waals surface area contributed by atoms with E-state index in [-0.39, 0.29) is 18.2 Å². The average molecular weight is 307 g/mol. The van der Waals surface area contributed by atoms with E-state index in [1.54, 1.807) is 0 Å². The minimum absolute atomic E-state index is 0.0607. The van der Waals surface area contributed by atoms with E-state index in [9.17, 15) is 9.59 Å². The van der Waals surface area contributed by atoms with Crippen LogP contribution in [0.3, 0.4) is 0 Å². The van der Waals surface area contributed by atoms with Gasteiger partial charge in [-0.05, 0) is 43.2 Å². The van der Waals surface area contributed by atoms with Gasteiger partial charge in [0.2, 0.25) is 0 Å². The average Bonchev–Trinajstić information content (AvgIpc) is 2.95. The monoisotopic (exact) mass is 307 g/mol. The van der Waals surface area contributed by atoms with Gasteiger partial charge in [-0.1, -0.05) is 13.8 Å². The molecule has 1 aliphatic heterocycles. The van der Waals surface area contributed by atoms with Gasteiger partial charge in [0.25, 0.3) is 5.91 Å². The molecule has 0 saturated carbocycles. The number of carboxylic acid groups (broad SMARTS) is 1. The van der Waals surface area contributed by atoms with Gasteiger partial charge in [-0.15, -0.1) is 0 Å². The summed E-state index contributed by atoms with van der Waals surface area (Å²) in [5, 5.41) is 8.79. The summed E-state index contributed by atoms with van der Waals surface area (Å²) in [7, 11) is 0. The third-order valence-electron chi connectivity index (χ3n) is 4.38. The molecule has 0 spiro atoms. The number of carbonyl (C=O) groups is 2. The van der Waals surface area contributed by atoms with Crippen molar-refractivity contribution in [3.8, 4) is 0 Å². The van der Waals surface area contributed by atoms with Crippen LogP contribution in [-0.2, 0) is 17.6 Å². The first kappa shape index (κ1) is 16.6. The molecule has 1 N–H and O–H groups in total. The largest absolute Gasteiger partial charge is 0.481 e. The van der Waals surface area contributed by atoms with Crippen LogP contribution in [0.5, 0.6) is 0 Å². The quantitative estimate of drug-likeness (QED) is 0.876. The summed E-state index contributed by atoms with van der Waals surface area (Å²) in [5.74, 6) is 0.766. The first-order valence-electron chi connectivity index (χ1n) is 8.17. The van der Waals surface area contributed by atoms with Gasteiger partial charge in [0.15, 0.2) is 5.76 Å². The SMILES string of the molecule is CCc1cc(C(=O)N2CCCC(CCC(=O)O)C2)oc1CC. The van der Waals surface area contributed by atoms with E-state index in [4.69, 9.17) is 9.52 Å². The molecule has 1 saturated heterocycles. The van der Waals surface area contributed by atoms with Gasteiger partial charge in [-0.25, -0.2) is 0 Å². The van der Waals surface area contributed by atoms with E-state index in [2.05, 4.69) is 6.92 Å². The predicted molar refractivity (Wildman–Crippen MR) is 83.0 cm³/mol. The highest BCUT2D eigenvalue weighted by Gasteiger charge is 2.27. The van der Waals surface area contributed by atoms with Crippen molar-refractivity contribution in [3.05, 3.63) is 23.2 Å². The maximum absolute atomic E-state index is 12.6. The van der Waals surface area contributed by atoms with Crippen LogP contribution >= 0.6 is 0 Å². The summed E-state index contributed by atoms with van der Waals surface area (Å²) in [4.78, 5) is 25.1. The van der Waals surface area contributed by atoms with Crippen molar-refractivity contribution in [2.75, 3.05) is 13.1 Å². The zero-order valence-electron chi connectivity index (χ0n) is 13.4. The fraction of sp³-hybridized carbons (Fsp3) is 0.647. The van der Waals surface area contributed by atoms with Crippen LogP contribution in [0.25, 0.3) is 0 Å². The summed E-state index contributed by atoms with van der Waals surface area (Å²) in [6, 6.07) is 1.86. The zero-order valence-corrected chi connectivity index (χ0v) is 13.4. The molecule has 1 unspecified atom stereocenters. The number of likely N-dealkylation sites (tertiary alicyclic amines) is 1. The Morgan fingerprint density at radius 3 is 2.73 bits per heavy atom. The molecule has 1 amide bonds. The first-order chi connectivity index (χ1) is 10.5.